The van der Waals surface area contributed by atoms with Crippen LogP contribution in [0.4, 0.5) is 4.39 Å². The van der Waals surface area contributed by atoms with Crippen molar-refractivity contribution in [3.8, 4) is 5.75 Å². The third kappa shape index (κ3) is 2.30. The second-order valence-corrected chi connectivity index (χ2v) is 5.03. The zero-order valence-electron chi connectivity index (χ0n) is 10.7. The fourth-order valence-electron chi connectivity index (χ4n) is 2.68. The van der Waals surface area contributed by atoms with E-state index in [0.29, 0.717) is 13.2 Å². The molecule has 3 rings (SSSR count). The number of hydrogen-bond acceptors (Lipinski definition) is 3. The van der Waals surface area contributed by atoms with Gasteiger partial charge in [-0.3, -0.25) is 4.79 Å². The fraction of sp³-hybridized carbons (Fsp3) is 0.500. The molecule has 0 N–H and O–H groups in total. The summed E-state index contributed by atoms with van der Waals surface area (Å²) in [6, 6.07) is 6.27. The van der Waals surface area contributed by atoms with Gasteiger partial charge in [0.2, 0.25) is 0 Å². The number of carbonyl (C=O) groups is 1. The normalized spacial score (nSPS) is 26.5. The Morgan fingerprint density at radius 2 is 2.32 bits per heavy atom. The van der Waals surface area contributed by atoms with Gasteiger partial charge in [0.1, 0.15) is 0 Å². The fourth-order valence-corrected chi connectivity index (χ4v) is 2.68. The van der Waals surface area contributed by atoms with Crippen molar-refractivity contribution < 1.29 is 18.7 Å². The third-order valence-corrected chi connectivity index (χ3v) is 3.67. The summed E-state index contributed by atoms with van der Waals surface area (Å²) in [5.41, 5.74) is 0. The van der Waals surface area contributed by atoms with Gasteiger partial charge < -0.3 is 14.4 Å². The van der Waals surface area contributed by atoms with E-state index >= 15 is 0 Å². The van der Waals surface area contributed by atoms with Crippen LogP contribution in [0.5, 0.6) is 5.75 Å². The van der Waals surface area contributed by atoms with Crippen molar-refractivity contribution in [2.45, 2.75) is 31.6 Å². The number of amides is 1. The lowest BCUT2D eigenvalue weighted by atomic mass is 10.2. The van der Waals surface area contributed by atoms with Gasteiger partial charge in [0.15, 0.2) is 17.7 Å². The van der Waals surface area contributed by atoms with Gasteiger partial charge in [0.05, 0.1) is 18.8 Å². The zero-order chi connectivity index (χ0) is 13.4. The quantitative estimate of drug-likeness (QED) is 0.833. The molecule has 4 nitrogen and oxygen atoms in total. The Morgan fingerprint density at radius 3 is 2.95 bits per heavy atom. The molecule has 2 aliphatic heterocycles. The van der Waals surface area contributed by atoms with Crippen molar-refractivity contribution in [3.63, 3.8) is 0 Å². The van der Waals surface area contributed by atoms with Crippen LogP contribution < -0.4 is 4.74 Å². The molecule has 0 aliphatic carbocycles. The number of halogens is 1. The van der Waals surface area contributed by atoms with E-state index in [1.165, 1.54) is 12.1 Å². The summed E-state index contributed by atoms with van der Waals surface area (Å²) in [7, 11) is 0. The summed E-state index contributed by atoms with van der Waals surface area (Å²) in [4.78, 5) is 14.1. The SMILES string of the molecule is C[C@@H](Oc1ccccc1F)C(=O)N1C[C@H]2C[C@H]1CO2. The Morgan fingerprint density at radius 1 is 1.53 bits per heavy atom. The van der Waals surface area contributed by atoms with E-state index in [2.05, 4.69) is 0 Å². The average molecular weight is 265 g/mol. The minimum Gasteiger partial charge on any atom is -0.478 e. The lowest BCUT2D eigenvalue weighted by Crippen LogP contribution is -2.47. The molecule has 2 heterocycles. The number of nitrogens with zero attached hydrogens (tertiary/aromatic N) is 1. The number of hydrogen-bond donors (Lipinski definition) is 0. The van der Waals surface area contributed by atoms with E-state index in [4.69, 9.17) is 9.47 Å². The Bertz CT molecular complexity index is 493. The van der Waals surface area contributed by atoms with Crippen LogP contribution in [0.25, 0.3) is 0 Å². The van der Waals surface area contributed by atoms with Crippen molar-refractivity contribution in [1.82, 2.24) is 4.90 Å². The van der Waals surface area contributed by atoms with E-state index in [-0.39, 0.29) is 23.8 Å². The lowest BCUT2D eigenvalue weighted by molar-refractivity contribution is -0.142. The molecule has 5 heteroatoms. The van der Waals surface area contributed by atoms with Crippen molar-refractivity contribution in [3.05, 3.63) is 30.1 Å². The van der Waals surface area contributed by atoms with Crippen LogP contribution in [0, 0.1) is 5.82 Å². The monoisotopic (exact) mass is 265 g/mol. The summed E-state index contributed by atoms with van der Waals surface area (Å²) < 4.78 is 24.3. The number of likely N-dealkylation sites (tertiary alicyclic amines) is 1. The zero-order valence-corrected chi connectivity index (χ0v) is 10.7. The number of rotatable bonds is 3. The molecule has 102 valence electrons. The molecule has 2 aliphatic rings. The molecule has 0 unspecified atom stereocenters. The van der Waals surface area contributed by atoms with E-state index in [1.54, 1.807) is 24.0 Å². The van der Waals surface area contributed by atoms with Crippen molar-refractivity contribution in [2.24, 2.45) is 0 Å². The summed E-state index contributed by atoms with van der Waals surface area (Å²) >= 11 is 0. The predicted octanol–water partition coefficient (Wildman–Crippen LogP) is 1.59. The van der Waals surface area contributed by atoms with Crippen LogP contribution in [0.2, 0.25) is 0 Å². The summed E-state index contributed by atoms with van der Waals surface area (Å²) in [5, 5.41) is 0. The Labute approximate surface area is 111 Å². The van der Waals surface area contributed by atoms with Gasteiger partial charge in [-0.05, 0) is 25.5 Å². The Kier molecular flexibility index (Phi) is 3.14. The average Bonchev–Trinajstić information content (AvgIpc) is 3.03. The van der Waals surface area contributed by atoms with Gasteiger partial charge in [0.25, 0.3) is 5.91 Å². The van der Waals surface area contributed by atoms with Gasteiger partial charge in [0, 0.05) is 6.54 Å². The van der Waals surface area contributed by atoms with E-state index in [0.717, 1.165) is 6.42 Å². The summed E-state index contributed by atoms with van der Waals surface area (Å²) in [6.07, 6.45) is 0.379. The maximum absolute atomic E-state index is 13.5. The highest BCUT2D eigenvalue weighted by Crippen LogP contribution is 2.28. The Hall–Kier alpha value is -1.62. The molecule has 19 heavy (non-hydrogen) atoms. The standard InChI is InChI=1S/C14H16FNO3/c1-9(19-13-5-3-2-4-12(13)15)14(17)16-7-11-6-10(16)8-18-11/h2-5,9-11H,6-8H2,1H3/t9-,10+,11-/m1/s1. The van der Waals surface area contributed by atoms with Crippen LogP contribution in [0.15, 0.2) is 24.3 Å². The van der Waals surface area contributed by atoms with Crippen LogP contribution >= 0.6 is 0 Å². The number of benzene rings is 1. The number of ether oxygens (including phenoxy) is 2. The summed E-state index contributed by atoms with van der Waals surface area (Å²) in [6.45, 7) is 2.87. The van der Waals surface area contributed by atoms with Gasteiger partial charge in [-0.2, -0.15) is 0 Å². The first-order chi connectivity index (χ1) is 9.15. The first-order valence-electron chi connectivity index (χ1n) is 6.48. The molecule has 2 bridgehead atoms. The molecule has 1 aromatic rings. The molecule has 0 saturated carbocycles. The first-order valence-corrected chi connectivity index (χ1v) is 6.48. The topological polar surface area (TPSA) is 38.8 Å². The predicted molar refractivity (Wildman–Crippen MR) is 66.3 cm³/mol. The lowest BCUT2D eigenvalue weighted by Gasteiger charge is -2.29. The molecule has 0 spiro atoms. The molecule has 2 fully saturated rings. The number of fused-ring (bicyclic) bond motifs is 2. The third-order valence-electron chi connectivity index (χ3n) is 3.67. The molecule has 0 radical (unpaired) electrons. The maximum Gasteiger partial charge on any atom is 0.263 e. The molecular weight excluding hydrogens is 249 g/mol. The molecule has 3 atom stereocenters. The largest absolute Gasteiger partial charge is 0.478 e. The van der Waals surface area contributed by atoms with Crippen molar-refractivity contribution in [1.29, 1.82) is 0 Å². The van der Waals surface area contributed by atoms with Gasteiger partial charge in [-0.25, -0.2) is 4.39 Å². The van der Waals surface area contributed by atoms with Crippen LogP contribution in [0.1, 0.15) is 13.3 Å². The van der Waals surface area contributed by atoms with E-state index in [1.807, 2.05) is 0 Å². The van der Waals surface area contributed by atoms with E-state index in [9.17, 15) is 9.18 Å². The smallest absolute Gasteiger partial charge is 0.263 e. The van der Waals surface area contributed by atoms with Crippen LogP contribution in [-0.4, -0.2) is 42.2 Å². The number of para-hydroxylation sites is 1. The number of morpholine rings is 1. The van der Waals surface area contributed by atoms with Crippen LogP contribution in [0.3, 0.4) is 0 Å². The van der Waals surface area contributed by atoms with Crippen molar-refractivity contribution >= 4 is 5.91 Å². The number of carbonyl (C=O) groups excluding carboxylic acids is 1. The first kappa shape index (κ1) is 12.4. The highest BCUT2D eigenvalue weighted by atomic mass is 19.1. The summed E-state index contributed by atoms with van der Waals surface area (Å²) in [5.74, 6) is -0.434. The minimum atomic E-state index is -0.684. The Balaban J connectivity index is 1.66. The molecule has 1 amide bonds. The van der Waals surface area contributed by atoms with Crippen molar-refractivity contribution in [2.75, 3.05) is 13.2 Å². The highest BCUT2D eigenvalue weighted by molar-refractivity contribution is 5.81. The van der Waals surface area contributed by atoms with E-state index < -0.39 is 11.9 Å². The minimum absolute atomic E-state index is 0.0981. The molecular formula is C14H16FNO3. The highest BCUT2D eigenvalue weighted by Gasteiger charge is 2.42. The maximum atomic E-state index is 13.5. The molecule has 2 saturated heterocycles. The second-order valence-electron chi connectivity index (χ2n) is 5.03. The van der Waals surface area contributed by atoms with Gasteiger partial charge in [-0.1, -0.05) is 12.1 Å². The molecule has 1 aromatic carbocycles. The van der Waals surface area contributed by atoms with Gasteiger partial charge in [-0.15, -0.1) is 0 Å². The van der Waals surface area contributed by atoms with Gasteiger partial charge >= 0.3 is 0 Å². The second kappa shape index (κ2) is 4.81. The van der Waals surface area contributed by atoms with Crippen LogP contribution in [-0.2, 0) is 9.53 Å². The molecule has 0 aromatic heterocycles.